The van der Waals surface area contributed by atoms with E-state index in [4.69, 9.17) is 10.5 Å². The first kappa shape index (κ1) is 17.8. The molecule has 0 atom stereocenters. The van der Waals surface area contributed by atoms with E-state index in [1.54, 1.807) is 7.11 Å². The Bertz CT molecular complexity index is 1180. The molecule has 0 aliphatic carbocycles. The van der Waals surface area contributed by atoms with E-state index in [0.717, 1.165) is 44.3 Å². The lowest BCUT2D eigenvalue weighted by Gasteiger charge is -2.19. The van der Waals surface area contributed by atoms with Crippen LogP contribution in [0.15, 0.2) is 52.6 Å². The summed E-state index contributed by atoms with van der Waals surface area (Å²) < 4.78 is 6.40. The van der Waals surface area contributed by atoms with Crippen molar-refractivity contribution in [3.05, 3.63) is 63.8 Å². The highest BCUT2D eigenvalue weighted by molar-refractivity contribution is 7.17. The summed E-state index contributed by atoms with van der Waals surface area (Å²) >= 11 is 1.46. The first-order valence-electron chi connectivity index (χ1n) is 8.86. The number of aromatic nitrogens is 1. The van der Waals surface area contributed by atoms with Crippen LogP contribution in [0.5, 0.6) is 5.75 Å². The first-order valence-corrected chi connectivity index (χ1v) is 9.74. The van der Waals surface area contributed by atoms with Crippen molar-refractivity contribution < 1.29 is 4.74 Å². The van der Waals surface area contributed by atoms with Gasteiger partial charge in [-0.2, -0.15) is 0 Å². The van der Waals surface area contributed by atoms with Gasteiger partial charge in [0.15, 0.2) is 0 Å². The predicted octanol–water partition coefficient (Wildman–Crippen LogP) is 4.70. The summed E-state index contributed by atoms with van der Waals surface area (Å²) in [4.78, 5) is 15.4. The molecule has 0 aliphatic heterocycles. The summed E-state index contributed by atoms with van der Waals surface area (Å²) in [7, 11) is 1.67. The van der Waals surface area contributed by atoms with Crippen LogP contribution >= 0.6 is 11.3 Å². The molecular formula is C22H22N2O2S. The maximum atomic E-state index is 12.3. The molecule has 0 unspecified atom stereocenters. The normalized spacial score (nSPS) is 12.0. The predicted molar refractivity (Wildman–Crippen MR) is 114 cm³/mol. The third-order valence-electron chi connectivity index (χ3n) is 4.68. The number of thiophene rings is 1. The molecule has 0 aliphatic rings. The molecule has 0 spiro atoms. The molecule has 4 nitrogen and oxygen atoms in total. The van der Waals surface area contributed by atoms with Gasteiger partial charge in [0.2, 0.25) is 0 Å². The Labute approximate surface area is 161 Å². The van der Waals surface area contributed by atoms with Crippen LogP contribution in [0, 0.1) is 0 Å². The van der Waals surface area contributed by atoms with E-state index in [1.807, 2.05) is 37.4 Å². The second-order valence-electron chi connectivity index (χ2n) is 7.55. The SMILES string of the molecule is COc1ccc2[nH]c(=O)c3sccc3c2c1-c1ccc(CC(C)(C)N)cc1. The highest BCUT2D eigenvalue weighted by Gasteiger charge is 2.17. The number of ether oxygens (including phenoxy) is 1. The van der Waals surface area contributed by atoms with Crippen LogP contribution < -0.4 is 16.0 Å². The fourth-order valence-corrected chi connectivity index (χ4v) is 4.40. The van der Waals surface area contributed by atoms with Crippen LogP contribution in [0.3, 0.4) is 0 Å². The van der Waals surface area contributed by atoms with E-state index in [1.165, 1.54) is 16.9 Å². The molecule has 138 valence electrons. The lowest BCUT2D eigenvalue weighted by Crippen LogP contribution is -2.34. The number of methoxy groups -OCH3 is 1. The van der Waals surface area contributed by atoms with E-state index in [9.17, 15) is 4.79 Å². The van der Waals surface area contributed by atoms with Gasteiger partial charge in [-0.15, -0.1) is 11.3 Å². The molecule has 5 heteroatoms. The minimum Gasteiger partial charge on any atom is -0.496 e. The highest BCUT2D eigenvalue weighted by atomic mass is 32.1. The molecule has 27 heavy (non-hydrogen) atoms. The Morgan fingerprint density at radius 1 is 1.11 bits per heavy atom. The maximum absolute atomic E-state index is 12.3. The molecule has 0 bridgehead atoms. The summed E-state index contributed by atoms with van der Waals surface area (Å²) in [5.74, 6) is 0.786. The molecule has 4 aromatic rings. The minimum atomic E-state index is -0.249. The molecule has 0 amide bonds. The zero-order valence-corrected chi connectivity index (χ0v) is 16.4. The number of H-pyrrole nitrogens is 1. The Balaban J connectivity index is 1.97. The summed E-state index contributed by atoms with van der Waals surface area (Å²) in [6.45, 7) is 4.05. The van der Waals surface area contributed by atoms with Crippen molar-refractivity contribution in [2.45, 2.75) is 25.8 Å². The van der Waals surface area contributed by atoms with Gasteiger partial charge in [-0.25, -0.2) is 0 Å². The van der Waals surface area contributed by atoms with Crippen LogP contribution in [0.4, 0.5) is 0 Å². The number of fused-ring (bicyclic) bond motifs is 3. The van der Waals surface area contributed by atoms with Crippen molar-refractivity contribution in [2.24, 2.45) is 5.73 Å². The van der Waals surface area contributed by atoms with Gasteiger partial charge in [-0.3, -0.25) is 4.79 Å². The number of aromatic amines is 1. The van der Waals surface area contributed by atoms with Crippen LogP contribution in [0.1, 0.15) is 19.4 Å². The summed E-state index contributed by atoms with van der Waals surface area (Å²) in [6.07, 6.45) is 0.808. The Kier molecular flexibility index (Phi) is 4.29. The monoisotopic (exact) mass is 378 g/mol. The van der Waals surface area contributed by atoms with Crippen LogP contribution in [0.25, 0.3) is 32.1 Å². The molecule has 0 saturated heterocycles. The lowest BCUT2D eigenvalue weighted by atomic mass is 9.93. The Morgan fingerprint density at radius 2 is 1.85 bits per heavy atom. The molecular weight excluding hydrogens is 356 g/mol. The number of rotatable bonds is 4. The van der Waals surface area contributed by atoms with Gasteiger partial charge in [-0.1, -0.05) is 24.3 Å². The first-order chi connectivity index (χ1) is 12.9. The van der Waals surface area contributed by atoms with E-state index in [2.05, 4.69) is 29.2 Å². The maximum Gasteiger partial charge on any atom is 0.266 e. The van der Waals surface area contributed by atoms with Crippen molar-refractivity contribution >= 4 is 32.3 Å². The van der Waals surface area contributed by atoms with E-state index in [0.29, 0.717) is 0 Å². The van der Waals surface area contributed by atoms with Gasteiger partial charge in [0, 0.05) is 27.4 Å². The minimum absolute atomic E-state index is 0.0517. The topological polar surface area (TPSA) is 68.1 Å². The molecule has 0 fully saturated rings. The third-order valence-corrected chi connectivity index (χ3v) is 5.59. The molecule has 2 aromatic heterocycles. The Morgan fingerprint density at radius 3 is 2.52 bits per heavy atom. The number of hydrogen-bond donors (Lipinski definition) is 2. The quantitative estimate of drug-likeness (QED) is 0.541. The van der Waals surface area contributed by atoms with Crippen molar-refractivity contribution in [1.82, 2.24) is 4.98 Å². The number of nitrogens with two attached hydrogens (primary N) is 1. The van der Waals surface area contributed by atoms with E-state index < -0.39 is 0 Å². The largest absolute Gasteiger partial charge is 0.496 e. The van der Waals surface area contributed by atoms with Gasteiger partial charge in [-0.05, 0) is 55.0 Å². The number of hydrogen-bond acceptors (Lipinski definition) is 4. The number of pyridine rings is 1. The second kappa shape index (κ2) is 6.51. The molecule has 2 heterocycles. The van der Waals surface area contributed by atoms with Crippen molar-refractivity contribution in [2.75, 3.05) is 7.11 Å². The fraction of sp³-hybridized carbons (Fsp3) is 0.227. The molecule has 4 rings (SSSR count). The van der Waals surface area contributed by atoms with Gasteiger partial charge >= 0.3 is 0 Å². The van der Waals surface area contributed by atoms with Crippen molar-refractivity contribution in [3.8, 4) is 16.9 Å². The van der Waals surface area contributed by atoms with Gasteiger partial charge in [0.25, 0.3) is 5.56 Å². The standard InChI is InChI=1S/C22H22N2O2S/c1-22(2,23)12-13-4-6-14(7-5-13)18-17(26-3)9-8-16-19(18)15-10-11-27-20(15)21(25)24-16/h4-11H,12,23H2,1-3H3,(H,24,25). The fourth-order valence-electron chi connectivity index (χ4n) is 3.60. The summed E-state index contributed by atoms with van der Waals surface area (Å²) in [6, 6.07) is 14.2. The molecule has 3 N–H and O–H groups in total. The van der Waals surface area contributed by atoms with Gasteiger partial charge in [0.05, 0.1) is 7.11 Å². The van der Waals surface area contributed by atoms with Crippen molar-refractivity contribution in [3.63, 3.8) is 0 Å². The van der Waals surface area contributed by atoms with Crippen LogP contribution in [-0.4, -0.2) is 17.6 Å². The highest BCUT2D eigenvalue weighted by Crippen LogP contribution is 2.40. The zero-order valence-electron chi connectivity index (χ0n) is 15.6. The van der Waals surface area contributed by atoms with E-state index in [-0.39, 0.29) is 11.1 Å². The molecule has 0 saturated carbocycles. The summed E-state index contributed by atoms with van der Waals surface area (Å²) in [5.41, 5.74) is 9.90. The smallest absolute Gasteiger partial charge is 0.266 e. The summed E-state index contributed by atoms with van der Waals surface area (Å²) in [5, 5.41) is 3.92. The van der Waals surface area contributed by atoms with Crippen LogP contribution in [-0.2, 0) is 6.42 Å². The van der Waals surface area contributed by atoms with Gasteiger partial charge < -0.3 is 15.5 Å². The lowest BCUT2D eigenvalue weighted by molar-refractivity contribution is 0.417. The van der Waals surface area contributed by atoms with Crippen molar-refractivity contribution in [1.29, 1.82) is 0 Å². The second-order valence-corrected chi connectivity index (χ2v) is 8.46. The van der Waals surface area contributed by atoms with E-state index >= 15 is 0 Å². The number of benzene rings is 2. The average Bonchev–Trinajstić information content (AvgIpc) is 3.11. The molecule has 2 aromatic carbocycles. The van der Waals surface area contributed by atoms with Crippen LogP contribution in [0.2, 0.25) is 0 Å². The zero-order chi connectivity index (χ0) is 19.2. The van der Waals surface area contributed by atoms with Gasteiger partial charge in [0.1, 0.15) is 10.4 Å². The average molecular weight is 378 g/mol. The third kappa shape index (κ3) is 3.24. The Hall–Kier alpha value is -2.63. The number of nitrogens with one attached hydrogen (secondary N) is 1. The molecule has 0 radical (unpaired) electrons.